The van der Waals surface area contributed by atoms with E-state index in [0.717, 1.165) is 7.11 Å². The van der Waals surface area contributed by atoms with Gasteiger partial charge in [-0.2, -0.15) is 0 Å². The first-order valence-electron chi connectivity index (χ1n) is 3.59. The lowest BCUT2D eigenvalue weighted by Crippen LogP contribution is -2.25. The van der Waals surface area contributed by atoms with Crippen LogP contribution in [0, 0.1) is 0 Å². The monoisotopic (exact) mass is 188 g/mol. The molecule has 1 unspecified atom stereocenters. The summed E-state index contributed by atoms with van der Waals surface area (Å²) in [4.78, 5) is 21.5. The van der Waals surface area contributed by atoms with E-state index in [-0.39, 0.29) is 5.76 Å². The third-order valence-electron chi connectivity index (χ3n) is 1.12. The first kappa shape index (κ1) is 11.6. The summed E-state index contributed by atoms with van der Waals surface area (Å²) in [5, 5.41) is 9.00. The SMILES string of the molecule is C=C(C)OC(=O)CC(O)C(=O)OC. The molecule has 1 atom stereocenters. The minimum Gasteiger partial charge on any atom is -0.467 e. The molecule has 0 spiro atoms. The molecule has 5 heteroatoms. The van der Waals surface area contributed by atoms with Gasteiger partial charge in [0.15, 0.2) is 6.10 Å². The molecule has 0 bridgehead atoms. The molecule has 0 aliphatic heterocycles. The van der Waals surface area contributed by atoms with Crippen molar-refractivity contribution in [1.29, 1.82) is 0 Å². The molecule has 13 heavy (non-hydrogen) atoms. The second-order valence-electron chi connectivity index (χ2n) is 2.42. The van der Waals surface area contributed by atoms with Gasteiger partial charge in [-0.15, -0.1) is 0 Å². The van der Waals surface area contributed by atoms with Crippen molar-refractivity contribution in [3.05, 3.63) is 12.3 Å². The van der Waals surface area contributed by atoms with Gasteiger partial charge in [0.25, 0.3) is 0 Å². The van der Waals surface area contributed by atoms with E-state index >= 15 is 0 Å². The third kappa shape index (κ3) is 4.97. The zero-order valence-corrected chi connectivity index (χ0v) is 7.57. The Balaban J connectivity index is 3.91. The lowest BCUT2D eigenvalue weighted by molar-refractivity contribution is -0.156. The van der Waals surface area contributed by atoms with Crippen LogP contribution in [0.15, 0.2) is 12.3 Å². The van der Waals surface area contributed by atoms with E-state index in [4.69, 9.17) is 5.11 Å². The fraction of sp³-hybridized carbons (Fsp3) is 0.500. The summed E-state index contributed by atoms with van der Waals surface area (Å²) in [6.45, 7) is 4.82. The van der Waals surface area contributed by atoms with Crippen molar-refractivity contribution in [2.75, 3.05) is 7.11 Å². The zero-order chi connectivity index (χ0) is 10.4. The fourth-order valence-electron chi connectivity index (χ4n) is 0.613. The summed E-state index contributed by atoms with van der Waals surface area (Å²) < 4.78 is 8.71. The summed E-state index contributed by atoms with van der Waals surface area (Å²) in [5.74, 6) is -1.37. The predicted molar refractivity (Wildman–Crippen MR) is 43.5 cm³/mol. The maximum Gasteiger partial charge on any atom is 0.335 e. The van der Waals surface area contributed by atoms with Crippen LogP contribution in [0.2, 0.25) is 0 Å². The van der Waals surface area contributed by atoms with Crippen molar-refractivity contribution in [2.24, 2.45) is 0 Å². The number of hydrogen-bond acceptors (Lipinski definition) is 5. The number of rotatable bonds is 4. The largest absolute Gasteiger partial charge is 0.467 e. The van der Waals surface area contributed by atoms with E-state index < -0.39 is 24.5 Å². The molecule has 74 valence electrons. The summed E-state index contributed by atoms with van der Waals surface area (Å²) >= 11 is 0. The Labute approximate surface area is 75.9 Å². The molecule has 0 aromatic rings. The van der Waals surface area contributed by atoms with Crippen molar-refractivity contribution in [1.82, 2.24) is 0 Å². The smallest absolute Gasteiger partial charge is 0.335 e. The van der Waals surface area contributed by atoms with Crippen LogP contribution in [0.25, 0.3) is 0 Å². The zero-order valence-electron chi connectivity index (χ0n) is 7.57. The van der Waals surface area contributed by atoms with Gasteiger partial charge < -0.3 is 14.6 Å². The summed E-state index contributed by atoms with van der Waals surface area (Å²) in [7, 11) is 1.12. The Hall–Kier alpha value is -1.36. The molecule has 0 rings (SSSR count). The highest BCUT2D eigenvalue weighted by molar-refractivity contribution is 5.81. The van der Waals surface area contributed by atoms with Crippen LogP contribution in [0.4, 0.5) is 0 Å². The van der Waals surface area contributed by atoms with E-state index in [9.17, 15) is 9.59 Å². The van der Waals surface area contributed by atoms with Crippen LogP contribution in [-0.4, -0.2) is 30.3 Å². The molecular formula is C8H12O5. The highest BCUT2D eigenvalue weighted by atomic mass is 16.5. The molecule has 0 aliphatic rings. The first-order chi connectivity index (χ1) is 5.97. The van der Waals surface area contributed by atoms with Crippen LogP contribution in [0.1, 0.15) is 13.3 Å². The Morgan fingerprint density at radius 1 is 1.54 bits per heavy atom. The molecule has 0 saturated heterocycles. The minimum absolute atomic E-state index is 0.210. The van der Waals surface area contributed by atoms with Crippen LogP contribution in [-0.2, 0) is 19.1 Å². The normalized spacial score (nSPS) is 11.6. The Bertz CT molecular complexity index is 221. The van der Waals surface area contributed by atoms with Crippen LogP contribution >= 0.6 is 0 Å². The van der Waals surface area contributed by atoms with Gasteiger partial charge in [-0.3, -0.25) is 4.79 Å². The summed E-state index contributed by atoms with van der Waals surface area (Å²) in [6, 6.07) is 0. The van der Waals surface area contributed by atoms with Crippen molar-refractivity contribution in [3.8, 4) is 0 Å². The average Bonchev–Trinajstić information content (AvgIpc) is 2.01. The van der Waals surface area contributed by atoms with E-state index in [1.165, 1.54) is 6.92 Å². The third-order valence-corrected chi connectivity index (χ3v) is 1.12. The van der Waals surface area contributed by atoms with Crippen LogP contribution < -0.4 is 0 Å². The molecule has 0 heterocycles. The standard InChI is InChI=1S/C8H12O5/c1-5(2)13-7(10)4-6(9)8(11)12-3/h6,9H,1,4H2,2-3H3. The van der Waals surface area contributed by atoms with Gasteiger partial charge in [-0.05, 0) is 6.92 Å². The van der Waals surface area contributed by atoms with E-state index in [1.807, 2.05) is 0 Å². The molecule has 0 fully saturated rings. The topological polar surface area (TPSA) is 72.8 Å². The number of carbonyl (C=O) groups is 2. The molecule has 1 N–H and O–H groups in total. The minimum atomic E-state index is -1.48. The van der Waals surface area contributed by atoms with E-state index in [2.05, 4.69) is 16.1 Å². The summed E-state index contributed by atoms with van der Waals surface area (Å²) in [5.41, 5.74) is 0. The molecule has 0 amide bonds. The summed E-state index contributed by atoms with van der Waals surface area (Å²) in [6.07, 6.45) is -1.91. The molecular weight excluding hydrogens is 176 g/mol. The predicted octanol–water partition coefficient (Wildman–Crippen LogP) is -0.0128. The number of methoxy groups -OCH3 is 1. The lowest BCUT2D eigenvalue weighted by atomic mass is 10.2. The van der Waals surface area contributed by atoms with Gasteiger partial charge >= 0.3 is 11.9 Å². The lowest BCUT2D eigenvalue weighted by Gasteiger charge is -2.07. The van der Waals surface area contributed by atoms with Gasteiger partial charge in [0.2, 0.25) is 0 Å². The van der Waals surface area contributed by atoms with E-state index in [1.54, 1.807) is 0 Å². The number of aliphatic hydroxyl groups excluding tert-OH is 1. The fourth-order valence-corrected chi connectivity index (χ4v) is 0.613. The highest BCUT2D eigenvalue weighted by Crippen LogP contribution is 2.00. The van der Waals surface area contributed by atoms with Gasteiger partial charge in [-0.25, -0.2) is 4.79 Å². The van der Waals surface area contributed by atoms with Crippen LogP contribution in [0.5, 0.6) is 0 Å². The van der Waals surface area contributed by atoms with Crippen LogP contribution in [0.3, 0.4) is 0 Å². The highest BCUT2D eigenvalue weighted by Gasteiger charge is 2.20. The Morgan fingerprint density at radius 3 is 2.46 bits per heavy atom. The number of hydrogen-bond donors (Lipinski definition) is 1. The van der Waals surface area contributed by atoms with Gasteiger partial charge in [0.1, 0.15) is 0 Å². The molecule has 5 nitrogen and oxygen atoms in total. The maximum absolute atomic E-state index is 10.8. The van der Waals surface area contributed by atoms with Gasteiger partial charge in [0.05, 0.1) is 19.3 Å². The average molecular weight is 188 g/mol. The van der Waals surface area contributed by atoms with Gasteiger partial charge in [-0.1, -0.05) is 6.58 Å². The number of carbonyl (C=O) groups excluding carboxylic acids is 2. The van der Waals surface area contributed by atoms with Crippen molar-refractivity contribution in [2.45, 2.75) is 19.4 Å². The van der Waals surface area contributed by atoms with Crippen molar-refractivity contribution < 1.29 is 24.2 Å². The molecule has 0 radical (unpaired) electrons. The molecule has 0 aliphatic carbocycles. The van der Waals surface area contributed by atoms with Crippen molar-refractivity contribution >= 4 is 11.9 Å². The second kappa shape index (κ2) is 5.31. The molecule has 0 aromatic carbocycles. The molecule has 0 aromatic heterocycles. The number of allylic oxidation sites excluding steroid dienone is 1. The molecule has 0 saturated carbocycles. The first-order valence-corrected chi connectivity index (χ1v) is 3.59. The van der Waals surface area contributed by atoms with Crippen molar-refractivity contribution in [3.63, 3.8) is 0 Å². The Kier molecular flexibility index (Phi) is 4.76. The second-order valence-corrected chi connectivity index (χ2v) is 2.42. The number of ether oxygens (including phenoxy) is 2. The van der Waals surface area contributed by atoms with E-state index in [0.29, 0.717) is 0 Å². The number of esters is 2. The quantitative estimate of drug-likeness (QED) is 0.496. The number of aliphatic hydroxyl groups is 1. The van der Waals surface area contributed by atoms with Gasteiger partial charge in [0, 0.05) is 0 Å². The maximum atomic E-state index is 10.8. The Morgan fingerprint density at radius 2 is 2.08 bits per heavy atom.